The molecule has 0 aliphatic carbocycles. The first kappa shape index (κ1) is 15.4. The minimum atomic E-state index is -0.214. The molecule has 0 amide bonds. The van der Waals surface area contributed by atoms with Gasteiger partial charge in [0.1, 0.15) is 5.82 Å². The number of benzene rings is 1. The van der Waals surface area contributed by atoms with Crippen LogP contribution in [-0.4, -0.2) is 35.7 Å². The molecule has 1 aliphatic heterocycles. The molecule has 112 valence electrons. The predicted octanol–water partition coefficient (Wildman–Crippen LogP) is 2.71. The van der Waals surface area contributed by atoms with Crippen LogP contribution in [0, 0.1) is 5.82 Å². The average molecular weight is 280 g/mol. The van der Waals surface area contributed by atoms with Gasteiger partial charge in [0.25, 0.3) is 0 Å². The highest BCUT2D eigenvalue weighted by Gasteiger charge is 2.36. The summed E-state index contributed by atoms with van der Waals surface area (Å²) < 4.78 is 19.4. The molecule has 0 spiro atoms. The Morgan fingerprint density at radius 3 is 2.70 bits per heavy atom. The van der Waals surface area contributed by atoms with Crippen molar-refractivity contribution in [1.29, 1.82) is 0 Å². The third-order valence-electron chi connectivity index (χ3n) is 3.68. The molecule has 0 radical (unpaired) electrons. The van der Waals surface area contributed by atoms with Crippen molar-refractivity contribution >= 4 is 0 Å². The molecular formula is C16H25FN2O. The molecule has 1 aromatic rings. The van der Waals surface area contributed by atoms with Crippen molar-refractivity contribution in [2.24, 2.45) is 5.73 Å². The second-order valence-electron chi connectivity index (χ2n) is 6.48. The molecular weight excluding hydrogens is 255 g/mol. The third-order valence-corrected chi connectivity index (χ3v) is 3.68. The van der Waals surface area contributed by atoms with Gasteiger partial charge in [-0.25, -0.2) is 4.39 Å². The van der Waals surface area contributed by atoms with Crippen molar-refractivity contribution in [1.82, 2.24) is 4.90 Å². The lowest BCUT2D eigenvalue weighted by atomic mass is 9.95. The van der Waals surface area contributed by atoms with Crippen LogP contribution in [0.4, 0.5) is 4.39 Å². The van der Waals surface area contributed by atoms with E-state index in [0.717, 1.165) is 18.7 Å². The Balaban J connectivity index is 2.29. The molecule has 1 heterocycles. The Hall–Kier alpha value is -0.970. The zero-order valence-corrected chi connectivity index (χ0v) is 12.8. The smallest absolute Gasteiger partial charge is 0.123 e. The molecule has 1 aromatic carbocycles. The summed E-state index contributed by atoms with van der Waals surface area (Å²) >= 11 is 0. The van der Waals surface area contributed by atoms with Crippen molar-refractivity contribution in [2.75, 3.05) is 13.1 Å². The summed E-state index contributed by atoms with van der Waals surface area (Å²) in [7, 11) is 0. The Bertz CT molecular complexity index is 462. The molecule has 2 rings (SSSR count). The Kier molecular flexibility index (Phi) is 4.47. The molecule has 1 fully saturated rings. The van der Waals surface area contributed by atoms with Crippen LogP contribution >= 0.6 is 0 Å². The van der Waals surface area contributed by atoms with Crippen LogP contribution in [0.5, 0.6) is 0 Å². The van der Waals surface area contributed by atoms with Crippen molar-refractivity contribution < 1.29 is 9.13 Å². The van der Waals surface area contributed by atoms with Crippen LogP contribution in [0.3, 0.4) is 0 Å². The first-order chi connectivity index (χ1) is 9.28. The molecule has 0 saturated carbocycles. The standard InChI is InChI=1S/C16H25FN2O/c1-11-9-19(10-16(3,4)20-11)15(12(2)18)13-6-5-7-14(17)8-13/h5-8,11-12,15H,9-10,18H2,1-4H3. The van der Waals surface area contributed by atoms with Crippen LogP contribution in [0.2, 0.25) is 0 Å². The van der Waals surface area contributed by atoms with E-state index in [1.807, 2.05) is 13.0 Å². The molecule has 1 saturated heterocycles. The summed E-state index contributed by atoms with van der Waals surface area (Å²) in [5, 5.41) is 0. The first-order valence-electron chi connectivity index (χ1n) is 7.21. The minimum Gasteiger partial charge on any atom is -0.370 e. The number of nitrogens with two attached hydrogens (primary N) is 1. The van der Waals surface area contributed by atoms with Gasteiger partial charge in [0.05, 0.1) is 11.7 Å². The number of nitrogens with zero attached hydrogens (tertiary/aromatic N) is 1. The van der Waals surface area contributed by atoms with Gasteiger partial charge in [0, 0.05) is 25.2 Å². The van der Waals surface area contributed by atoms with Crippen LogP contribution in [0.25, 0.3) is 0 Å². The Morgan fingerprint density at radius 1 is 1.45 bits per heavy atom. The summed E-state index contributed by atoms with van der Waals surface area (Å²) in [4.78, 5) is 2.31. The summed E-state index contributed by atoms with van der Waals surface area (Å²) in [6.45, 7) is 9.81. The fourth-order valence-corrected chi connectivity index (χ4v) is 3.25. The molecule has 3 unspecified atom stereocenters. The lowest BCUT2D eigenvalue weighted by molar-refractivity contribution is -0.140. The molecule has 1 aliphatic rings. The SMILES string of the molecule is CC1CN(C(c2cccc(F)c2)C(C)N)CC(C)(C)O1. The number of rotatable bonds is 3. The van der Waals surface area contributed by atoms with Gasteiger partial charge in [-0.05, 0) is 45.4 Å². The quantitative estimate of drug-likeness (QED) is 0.925. The van der Waals surface area contributed by atoms with E-state index in [1.54, 1.807) is 12.1 Å². The minimum absolute atomic E-state index is 0.0105. The Morgan fingerprint density at radius 2 is 2.15 bits per heavy atom. The lowest BCUT2D eigenvalue weighted by Crippen LogP contribution is -2.55. The molecule has 3 nitrogen and oxygen atoms in total. The predicted molar refractivity (Wildman–Crippen MR) is 79.0 cm³/mol. The fourth-order valence-electron chi connectivity index (χ4n) is 3.25. The van der Waals surface area contributed by atoms with Gasteiger partial charge < -0.3 is 10.5 Å². The van der Waals surface area contributed by atoms with Gasteiger partial charge in [-0.2, -0.15) is 0 Å². The largest absolute Gasteiger partial charge is 0.370 e. The van der Waals surface area contributed by atoms with Crippen LogP contribution in [0.1, 0.15) is 39.3 Å². The van der Waals surface area contributed by atoms with Gasteiger partial charge in [-0.15, -0.1) is 0 Å². The zero-order valence-electron chi connectivity index (χ0n) is 12.8. The molecule has 3 atom stereocenters. The number of ether oxygens (including phenoxy) is 1. The summed E-state index contributed by atoms with van der Waals surface area (Å²) in [5.74, 6) is -0.214. The van der Waals surface area contributed by atoms with E-state index in [9.17, 15) is 4.39 Å². The summed E-state index contributed by atoms with van der Waals surface area (Å²) in [6, 6.07) is 6.68. The maximum Gasteiger partial charge on any atom is 0.123 e. The van der Waals surface area contributed by atoms with Gasteiger partial charge in [0.15, 0.2) is 0 Å². The van der Waals surface area contributed by atoms with Gasteiger partial charge in [-0.3, -0.25) is 4.90 Å². The van der Waals surface area contributed by atoms with Crippen molar-refractivity contribution in [2.45, 2.75) is 51.5 Å². The van der Waals surface area contributed by atoms with E-state index in [2.05, 4.69) is 25.7 Å². The monoisotopic (exact) mass is 280 g/mol. The molecule has 20 heavy (non-hydrogen) atoms. The van der Waals surface area contributed by atoms with E-state index < -0.39 is 0 Å². The van der Waals surface area contributed by atoms with Crippen molar-refractivity contribution in [3.8, 4) is 0 Å². The van der Waals surface area contributed by atoms with Gasteiger partial charge >= 0.3 is 0 Å². The molecule has 0 bridgehead atoms. The number of halogens is 1. The molecule has 0 aromatic heterocycles. The number of morpholine rings is 1. The summed E-state index contributed by atoms with van der Waals surface area (Å²) in [5.41, 5.74) is 6.90. The van der Waals surface area contributed by atoms with E-state index in [4.69, 9.17) is 10.5 Å². The second-order valence-corrected chi connectivity index (χ2v) is 6.48. The number of hydrogen-bond donors (Lipinski definition) is 1. The normalized spacial score (nSPS) is 26.2. The second kappa shape index (κ2) is 5.80. The van der Waals surface area contributed by atoms with E-state index in [-0.39, 0.29) is 29.6 Å². The molecule has 4 heteroatoms. The Labute approximate surface area is 120 Å². The average Bonchev–Trinajstić information content (AvgIpc) is 2.25. The maximum atomic E-state index is 13.5. The summed E-state index contributed by atoms with van der Waals surface area (Å²) in [6.07, 6.45) is 0.147. The first-order valence-corrected chi connectivity index (χ1v) is 7.21. The third kappa shape index (κ3) is 3.57. The highest BCUT2D eigenvalue weighted by molar-refractivity contribution is 5.22. The van der Waals surface area contributed by atoms with Crippen LogP contribution in [-0.2, 0) is 4.74 Å². The fraction of sp³-hybridized carbons (Fsp3) is 0.625. The van der Waals surface area contributed by atoms with E-state index >= 15 is 0 Å². The zero-order chi connectivity index (χ0) is 14.9. The van der Waals surface area contributed by atoms with Crippen LogP contribution in [0.15, 0.2) is 24.3 Å². The lowest BCUT2D eigenvalue weighted by Gasteiger charge is -2.46. The highest BCUT2D eigenvalue weighted by atomic mass is 19.1. The van der Waals surface area contributed by atoms with Crippen LogP contribution < -0.4 is 5.73 Å². The number of hydrogen-bond acceptors (Lipinski definition) is 3. The van der Waals surface area contributed by atoms with E-state index in [1.165, 1.54) is 6.07 Å². The van der Waals surface area contributed by atoms with Gasteiger partial charge in [-0.1, -0.05) is 12.1 Å². The van der Waals surface area contributed by atoms with Gasteiger partial charge in [0.2, 0.25) is 0 Å². The van der Waals surface area contributed by atoms with Crippen molar-refractivity contribution in [3.05, 3.63) is 35.6 Å². The van der Waals surface area contributed by atoms with Crippen molar-refractivity contribution in [3.63, 3.8) is 0 Å². The van der Waals surface area contributed by atoms with E-state index in [0.29, 0.717) is 0 Å². The maximum absolute atomic E-state index is 13.5. The highest BCUT2D eigenvalue weighted by Crippen LogP contribution is 2.30. The topological polar surface area (TPSA) is 38.5 Å². The molecule has 2 N–H and O–H groups in total.